The first-order valence-electron chi connectivity index (χ1n) is 3.57. The quantitative estimate of drug-likeness (QED) is 0.437. The standard InChI is InChI=1S/C6HBrN4O2Se/c7-2-1-3-5(8-13-11(3)12)6-4(2)9-14-10-6/h1H. The number of halogens is 1. The van der Waals surface area contributed by atoms with E-state index in [-0.39, 0.29) is 15.0 Å². The molecule has 0 fully saturated rings. The summed E-state index contributed by atoms with van der Waals surface area (Å²) in [5.41, 5.74) is 2.24. The molecule has 0 N–H and O–H groups in total. The second kappa shape index (κ2) is 2.75. The summed E-state index contributed by atoms with van der Waals surface area (Å²) in [6.07, 6.45) is 0. The molecule has 2 aromatic heterocycles. The zero-order valence-electron chi connectivity index (χ0n) is 6.47. The Labute approximate surface area is 91.4 Å². The molecule has 70 valence electrons. The van der Waals surface area contributed by atoms with Crippen molar-refractivity contribution in [2.45, 2.75) is 0 Å². The SMILES string of the molecule is [O-][n+]1onc2c3n[se]nc3c(Br)cc21. The average molecular weight is 320 g/mol. The van der Waals surface area contributed by atoms with E-state index in [1.807, 2.05) is 0 Å². The molecule has 0 bridgehead atoms. The van der Waals surface area contributed by atoms with Gasteiger partial charge in [0.1, 0.15) is 0 Å². The molecule has 0 spiro atoms. The molecule has 0 amide bonds. The van der Waals surface area contributed by atoms with Gasteiger partial charge >= 0.3 is 91.4 Å². The summed E-state index contributed by atoms with van der Waals surface area (Å²) >= 11 is 3.17. The van der Waals surface area contributed by atoms with Crippen molar-refractivity contribution < 1.29 is 9.53 Å². The molecule has 6 nitrogen and oxygen atoms in total. The maximum absolute atomic E-state index is 11.1. The van der Waals surface area contributed by atoms with Gasteiger partial charge < -0.3 is 0 Å². The van der Waals surface area contributed by atoms with Crippen molar-refractivity contribution in [1.82, 2.24) is 13.1 Å². The van der Waals surface area contributed by atoms with E-state index in [0.29, 0.717) is 21.5 Å². The summed E-state index contributed by atoms with van der Waals surface area (Å²) in [6.45, 7) is 0. The number of nitrogens with zero attached hydrogens (tertiary/aromatic N) is 4. The van der Waals surface area contributed by atoms with E-state index in [1.54, 1.807) is 6.07 Å². The molecule has 0 aliphatic rings. The monoisotopic (exact) mass is 320 g/mol. The summed E-state index contributed by atoms with van der Waals surface area (Å²) in [4.78, 5) is 0.362. The summed E-state index contributed by atoms with van der Waals surface area (Å²) in [5.74, 6) is 0. The van der Waals surface area contributed by atoms with Crippen molar-refractivity contribution in [2.75, 3.05) is 0 Å². The molecule has 0 unspecified atom stereocenters. The van der Waals surface area contributed by atoms with Crippen LogP contribution in [0, 0.1) is 5.21 Å². The van der Waals surface area contributed by atoms with Gasteiger partial charge in [-0.25, -0.2) is 0 Å². The van der Waals surface area contributed by atoms with Crippen LogP contribution in [0.1, 0.15) is 0 Å². The number of fused-ring (bicyclic) bond motifs is 3. The number of rotatable bonds is 0. The van der Waals surface area contributed by atoms with E-state index in [0.717, 1.165) is 9.99 Å². The fourth-order valence-electron chi connectivity index (χ4n) is 1.23. The van der Waals surface area contributed by atoms with E-state index in [1.165, 1.54) is 0 Å². The van der Waals surface area contributed by atoms with Crippen LogP contribution >= 0.6 is 15.9 Å². The topological polar surface area (TPSA) is 78.8 Å². The van der Waals surface area contributed by atoms with Crippen LogP contribution in [0.4, 0.5) is 0 Å². The van der Waals surface area contributed by atoms with Gasteiger partial charge in [-0.2, -0.15) is 0 Å². The van der Waals surface area contributed by atoms with Crippen molar-refractivity contribution in [3.8, 4) is 0 Å². The van der Waals surface area contributed by atoms with E-state index < -0.39 is 0 Å². The van der Waals surface area contributed by atoms with Gasteiger partial charge in [-0.05, 0) is 0 Å². The molecule has 0 saturated carbocycles. The Kier molecular flexibility index (Phi) is 1.64. The molecule has 0 aliphatic heterocycles. The van der Waals surface area contributed by atoms with Gasteiger partial charge in [-0.1, -0.05) is 0 Å². The van der Waals surface area contributed by atoms with Crippen LogP contribution in [0.3, 0.4) is 0 Å². The third kappa shape index (κ3) is 0.956. The normalized spacial score (nSPS) is 11.5. The molecule has 3 rings (SSSR count). The van der Waals surface area contributed by atoms with Gasteiger partial charge in [0.25, 0.3) is 0 Å². The van der Waals surface area contributed by atoms with Crippen molar-refractivity contribution in [3.05, 3.63) is 15.7 Å². The fourth-order valence-corrected chi connectivity index (χ4v) is 3.17. The number of benzene rings is 1. The molecule has 0 atom stereocenters. The molecule has 1 aromatic carbocycles. The van der Waals surface area contributed by atoms with Crippen molar-refractivity contribution in [2.24, 2.45) is 0 Å². The molecule has 0 saturated heterocycles. The number of hydrogen-bond donors (Lipinski definition) is 0. The minimum atomic E-state index is -0.147. The third-order valence-corrected chi connectivity index (χ3v) is 3.56. The zero-order valence-corrected chi connectivity index (χ0v) is 9.77. The molecule has 3 aromatic rings. The summed E-state index contributed by atoms with van der Waals surface area (Å²) in [7, 11) is 0. The molecular weight excluding hydrogens is 319 g/mol. The Morgan fingerprint density at radius 2 is 2.14 bits per heavy atom. The van der Waals surface area contributed by atoms with Gasteiger partial charge in [0.15, 0.2) is 0 Å². The van der Waals surface area contributed by atoms with E-state index in [4.69, 9.17) is 0 Å². The average Bonchev–Trinajstić information content (AvgIpc) is 2.74. The first kappa shape index (κ1) is 8.34. The fraction of sp³-hybridized carbons (Fsp3) is 0. The van der Waals surface area contributed by atoms with Crippen LogP contribution in [0.5, 0.6) is 0 Å². The second-order valence-electron chi connectivity index (χ2n) is 2.62. The Morgan fingerprint density at radius 3 is 3.00 bits per heavy atom. The van der Waals surface area contributed by atoms with E-state index in [9.17, 15) is 5.21 Å². The van der Waals surface area contributed by atoms with Gasteiger partial charge in [-0.3, -0.25) is 0 Å². The molecule has 14 heavy (non-hydrogen) atoms. The van der Waals surface area contributed by atoms with E-state index in [2.05, 4.69) is 33.7 Å². The van der Waals surface area contributed by atoms with E-state index >= 15 is 0 Å². The van der Waals surface area contributed by atoms with Crippen LogP contribution in [0.2, 0.25) is 0 Å². The van der Waals surface area contributed by atoms with Gasteiger partial charge in [0.05, 0.1) is 0 Å². The molecule has 0 aliphatic carbocycles. The number of aromatic nitrogens is 4. The van der Waals surface area contributed by atoms with Crippen molar-refractivity contribution >= 4 is 53.0 Å². The Morgan fingerprint density at radius 1 is 1.36 bits per heavy atom. The summed E-state index contributed by atoms with van der Waals surface area (Å²) in [6, 6.07) is 1.64. The minimum absolute atomic E-state index is 0.147. The van der Waals surface area contributed by atoms with Gasteiger partial charge in [-0.15, -0.1) is 0 Å². The number of hydrogen-bond acceptors (Lipinski definition) is 5. The predicted octanol–water partition coefficient (Wildman–Crippen LogP) is 0.224. The zero-order chi connectivity index (χ0) is 9.71. The summed E-state index contributed by atoms with van der Waals surface area (Å²) in [5, 5.41) is 14.8. The van der Waals surface area contributed by atoms with Crippen LogP contribution in [0.15, 0.2) is 15.2 Å². The van der Waals surface area contributed by atoms with Crippen LogP contribution < -0.4 is 4.90 Å². The van der Waals surface area contributed by atoms with Gasteiger partial charge in [0.2, 0.25) is 0 Å². The van der Waals surface area contributed by atoms with Gasteiger partial charge in [0, 0.05) is 0 Å². The summed E-state index contributed by atoms with van der Waals surface area (Å²) < 4.78 is 13.6. The van der Waals surface area contributed by atoms with Crippen LogP contribution in [-0.4, -0.2) is 28.1 Å². The van der Waals surface area contributed by atoms with Crippen LogP contribution in [-0.2, 0) is 0 Å². The first-order valence-corrected chi connectivity index (χ1v) is 5.90. The molecule has 8 heteroatoms. The first-order chi connectivity index (χ1) is 6.77. The Bertz CT molecular complexity index is 633. The maximum atomic E-state index is 11.1. The van der Waals surface area contributed by atoms with Crippen molar-refractivity contribution in [1.29, 1.82) is 0 Å². The second-order valence-corrected chi connectivity index (χ2v) is 4.58. The van der Waals surface area contributed by atoms with Crippen LogP contribution in [0.25, 0.3) is 22.1 Å². The molecule has 0 radical (unpaired) electrons. The molecular formula is C6HBrN4O2Se. The Hall–Kier alpha value is -0.981. The molecule has 2 heterocycles. The predicted molar refractivity (Wildman–Crippen MR) is 50.7 cm³/mol. The Balaban J connectivity index is 2.67. The van der Waals surface area contributed by atoms with Crippen molar-refractivity contribution in [3.63, 3.8) is 0 Å². The third-order valence-electron chi connectivity index (χ3n) is 1.85.